The molecule has 1 aliphatic carbocycles. The fraction of sp³-hybridized carbons (Fsp3) is 0.538. The molecule has 0 aromatic heterocycles. The highest BCUT2D eigenvalue weighted by atomic mass is 14.7. The molecule has 2 N–H and O–H groups in total. The van der Waals surface area contributed by atoms with Crippen molar-refractivity contribution in [2.45, 2.75) is 40.2 Å². The molecular formula is C13H23N. The molecule has 2 atom stereocenters. The second-order valence-electron chi connectivity index (χ2n) is 3.54. The van der Waals surface area contributed by atoms with Gasteiger partial charge < -0.3 is 5.73 Å². The van der Waals surface area contributed by atoms with E-state index in [2.05, 4.69) is 26.5 Å². The fourth-order valence-electron chi connectivity index (χ4n) is 1.74. The first-order chi connectivity index (χ1) is 6.66. The molecule has 1 rings (SSSR count). The summed E-state index contributed by atoms with van der Waals surface area (Å²) in [6.45, 7) is 12.0. The SMILES string of the molecule is C=C/C=C\C1=C(C)CC(C)C1N.CC. The second kappa shape index (κ2) is 6.61. The molecule has 0 radical (unpaired) electrons. The van der Waals surface area contributed by atoms with Crippen LogP contribution < -0.4 is 5.73 Å². The first-order valence-electron chi connectivity index (χ1n) is 5.41. The molecule has 1 aliphatic rings. The molecule has 0 heterocycles. The third-order valence-electron chi connectivity index (χ3n) is 2.50. The van der Waals surface area contributed by atoms with Crippen LogP contribution >= 0.6 is 0 Å². The lowest BCUT2D eigenvalue weighted by atomic mass is 10.0. The molecule has 0 amide bonds. The van der Waals surface area contributed by atoms with Gasteiger partial charge >= 0.3 is 0 Å². The lowest BCUT2D eigenvalue weighted by Crippen LogP contribution is -2.25. The summed E-state index contributed by atoms with van der Waals surface area (Å²) in [4.78, 5) is 0. The summed E-state index contributed by atoms with van der Waals surface area (Å²) in [7, 11) is 0. The summed E-state index contributed by atoms with van der Waals surface area (Å²) >= 11 is 0. The Hall–Kier alpha value is -0.820. The van der Waals surface area contributed by atoms with Gasteiger partial charge in [-0.05, 0) is 24.8 Å². The number of rotatable bonds is 2. The van der Waals surface area contributed by atoms with Gasteiger partial charge in [-0.15, -0.1) is 0 Å². The predicted molar refractivity (Wildman–Crippen MR) is 65.1 cm³/mol. The lowest BCUT2D eigenvalue weighted by molar-refractivity contribution is 0.545. The minimum absolute atomic E-state index is 0.223. The van der Waals surface area contributed by atoms with Crippen LogP contribution in [0, 0.1) is 5.92 Å². The van der Waals surface area contributed by atoms with Crippen molar-refractivity contribution in [1.29, 1.82) is 0 Å². The lowest BCUT2D eigenvalue weighted by Gasteiger charge is -2.10. The van der Waals surface area contributed by atoms with E-state index in [0.29, 0.717) is 5.92 Å². The molecule has 0 aromatic rings. The molecule has 2 unspecified atom stereocenters. The molecule has 1 nitrogen and oxygen atoms in total. The van der Waals surface area contributed by atoms with Gasteiger partial charge in [0.25, 0.3) is 0 Å². The first-order valence-corrected chi connectivity index (χ1v) is 5.41. The van der Waals surface area contributed by atoms with Gasteiger partial charge in [0.2, 0.25) is 0 Å². The molecule has 0 fully saturated rings. The van der Waals surface area contributed by atoms with E-state index in [9.17, 15) is 0 Å². The molecule has 80 valence electrons. The molecule has 1 heteroatoms. The third kappa shape index (κ3) is 3.15. The Labute approximate surface area is 88.4 Å². The Morgan fingerprint density at radius 2 is 2.00 bits per heavy atom. The van der Waals surface area contributed by atoms with Gasteiger partial charge in [-0.1, -0.05) is 51.2 Å². The minimum atomic E-state index is 0.223. The normalized spacial score (nSPS) is 26.4. The van der Waals surface area contributed by atoms with Crippen LogP contribution in [0.15, 0.2) is 36.0 Å². The molecule has 0 spiro atoms. The van der Waals surface area contributed by atoms with Crippen LogP contribution in [0.5, 0.6) is 0 Å². The third-order valence-corrected chi connectivity index (χ3v) is 2.50. The Kier molecular flexibility index (Phi) is 6.22. The van der Waals surface area contributed by atoms with Crippen molar-refractivity contribution in [3.05, 3.63) is 36.0 Å². The van der Waals surface area contributed by atoms with E-state index in [1.165, 1.54) is 11.1 Å². The molecule has 0 aliphatic heterocycles. The van der Waals surface area contributed by atoms with Gasteiger partial charge in [0.1, 0.15) is 0 Å². The number of allylic oxidation sites excluding steroid dienone is 3. The first kappa shape index (κ1) is 13.2. The van der Waals surface area contributed by atoms with Crippen molar-refractivity contribution in [2.75, 3.05) is 0 Å². The summed E-state index contributed by atoms with van der Waals surface area (Å²) in [6.07, 6.45) is 6.96. The summed E-state index contributed by atoms with van der Waals surface area (Å²) in [5.74, 6) is 0.592. The average Bonchev–Trinajstić information content (AvgIpc) is 2.43. The maximum Gasteiger partial charge on any atom is 0.0323 e. The quantitative estimate of drug-likeness (QED) is 0.668. The van der Waals surface area contributed by atoms with Crippen molar-refractivity contribution in [3.8, 4) is 0 Å². The van der Waals surface area contributed by atoms with Crippen molar-refractivity contribution >= 4 is 0 Å². The maximum atomic E-state index is 6.01. The van der Waals surface area contributed by atoms with Crippen molar-refractivity contribution in [2.24, 2.45) is 11.7 Å². The van der Waals surface area contributed by atoms with Crippen LogP contribution in [0.3, 0.4) is 0 Å². The Bertz CT molecular complexity index is 236. The van der Waals surface area contributed by atoms with Crippen LogP contribution in [-0.2, 0) is 0 Å². The molecule has 0 bridgehead atoms. The van der Waals surface area contributed by atoms with E-state index >= 15 is 0 Å². The van der Waals surface area contributed by atoms with Gasteiger partial charge in [-0.3, -0.25) is 0 Å². The highest BCUT2D eigenvalue weighted by Gasteiger charge is 2.24. The highest BCUT2D eigenvalue weighted by Crippen LogP contribution is 2.30. The van der Waals surface area contributed by atoms with Crippen LogP contribution in [0.2, 0.25) is 0 Å². The average molecular weight is 193 g/mol. The summed E-state index contributed by atoms with van der Waals surface area (Å²) in [5, 5.41) is 0. The van der Waals surface area contributed by atoms with Crippen LogP contribution in [0.4, 0.5) is 0 Å². The van der Waals surface area contributed by atoms with Gasteiger partial charge in [0, 0.05) is 6.04 Å². The Morgan fingerprint density at radius 3 is 2.36 bits per heavy atom. The van der Waals surface area contributed by atoms with E-state index in [4.69, 9.17) is 5.73 Å². The zero-order chi connectivity index (χ0) is 11.1. The predicted octanol–water partition coefficient (Wildman–Crippen LogP) is 3.44. The minimum Gasteiger partial charge on any atom is -0.324 e. The van der Waals surface area contributed by atoms with Crippen molar-refractivity contribution in [3.63, 3.8) is 0 Å². The molecule has 0 saturated heterocycles. The largest absolute Gasteiger partial charge is 0.324 e. The van der Waals surface area contributed by atoms with E-state index in [0.717, 1.165) is 6.42 Å². The highest BCUT2D eigenvalue weighted by molar-refractivity contribution is 5.36. The zero-order valence-corrected chi connectivity index (χ0v) is 9.88. The second-order valence-corrected chi connectivity index (χ2v) is 3.54. The number of nitrogens with two attached hydrogens (primary N) is 1. The van der Waals surface area contributed by atoms with Gasteiger partial charge in [-0.2, -0.15) is 0 Å². The fourth-order valence-corrected chi connectivity index (χ4v) is 1.74. The van der Waals surface area contributed by atoms with Crippen LogP contribution in [-0.4, -0.2) is 6.04 Å². The Balaban J connectivity index is 0.000000791. The van der Waals surface area contributed by atoms with Crippen molar-refractivity contribution < 1.29 is 0 Å². The molecule has 0 saturated carbocycles. The van der Waals surface area contributed by atoms with E-state index in [1.807, 2.05) is 19.9 Å². The van der Waals surface area contributed by atoms with E-state index in [-0.39, 0.29) is 6.04 Å². The van der Waals surface area contributed by atoms with Crippen LogP contribution in [0.25, 0.3) is 0 Å². The molecule has 14 heavy (non-hydrogen) atoms. The Morgan fingerprint density at radius 1 is 1.43 bits per heavy atom. The van der Waals surface area contributed by atoms with Gasteiger partial charge in [0.15, 0.2) is 0 Å². The topological polar surface area (TPSA) is 26.0 Å². The van der Waals surface area contributed by atoms with E-state index < -0.39 is 0 Å². The number of hydrogen-bond acceptors (Lipinski definition) is 1. The molecule has 0 aromatic carbocycles. The molecular weight excluding hydrogens is 170 g/mol. The summed E-state index contributed by atoms with van der Waals surface area (Å²) in [5.41, 5.74) is 8.73. The standard InChI is InChI=1S/C11H17N.C2H6/c1-4-5-6-10-8(2)7-9(3)11(10)12;1-2/h4-6,9,11H,1,7,12H2,2-3H3;1-2H3/b6-5-;. The maximum absolute atomic E-state index is 6.01. The summed E-state index contributed by atoms with van der Waals surface area (Å²) < 4.78 is 0. The van der Waals surface area contributed by atoms with Crippen molar-refractivity contribution in [1.82, 2.24) is 0 Å². The summed E-state index contributed by atoms with van der Waals surface area (Å²) in [6, 6.07) is 0.223. The monoisotopic (exact) mass is 193 g/mol. The number of hydrogen-bond donors (Lipinski definition) is 1. The zero-order valence-electron chi connectivity index (χ0n) is 9.88. The van der Waals surface area contributed by atoms with Crippen LogP contribution in [0.1, 0.15) is 34.1 Å². The van der Waals surface area contributed by atoms with Gasteiger partial charge in [-0.25, -0.2) is 0 Å². The smallest absolute Gasteiger partial charge is 0.0323 e. The van der Waals surface area contributed by atoms with Gasteiger partial charge in [0.05, 0.1) is 0 Å². The van der Waals surface area contributed by atoms with E-state index in [1.54, 1.807) is 6.08 Å².